The molecule has 122 valence electrons. The van der Waals surface area contributed by atoms with Gasteiger partial charge >= 0.3 is 5.97 Å². The van der Waals surface area contributed by atoms with Crippen molar-refractivity contribution in [2.45, 2.75) is 11.5 Å². The zero-order valence-electron chi connectivity index (χ0n) is 12.2. The molecule has 2 N–H and O–H groups in total. The first kappa shape index (κ1) is 17.3. The molecule has 0 saturated carbocycles. The molecule has 0 atom stereocenters. The number of para-hydroxylation sites is 1. The molecular weight excluding hydrogens is 342 g/mol. The molecule has 0 spiro atoms. The number of carbonyl (C=O) groups excluding carboxylic acids is 1. The summed E-state index contributed by atoms with van der Waals surface area (Å²) < 4.78 is 33.0. The molecule has 0 bridgehead atoms. The van der Waals surface area contributed by atoms with Crippen molar-refractivity contribution in [3.63, 3.8) is 0 Å². The van der Waals surface area contributed by atoms with Gasteiger partial charge in [-0.2, -0.15) is 0 Å². The number of nitrogens with two attached hydrogens (primary N) is 1. The van der Waals surface area contributed by atoms with Crippen LogP contribution in [0, 0.1) is 0 Å². The first-order chi connectivity index (χ1) is 10.8. The minimum absolute atomic E-state index is 0.0429. The van der Waals surface area contributed by atoms with E-state index in [1.165, 1.54) is 19.2 Å². The van der Waals surface area contributed by atoms with Crippen LogP contribution in [-0.2, 0) is 21.4 Å². The van der Waals surface area contributed by atoms with Crippen LogP contribution in [0.4, 0.5) is 0 Å². The fourth-order valence-corrected chi connectivity index (χ4v) is 2.62. The van der Waals surface area contributed by atoms with Crippen molar-refractivity contribution in [1.29, 1.82) is 0 Å². The molecule has 8 heteroatoms. The Hall–Kier alpha value is -2.09. The summed E-state index contributed by atoms with van der Waals surface area (Å²) in [7, 11) is -2.43. The highest BCUT2D eigenvalue weighted by Gasteiger charge is 2.17. The second-order valence-electron chi connectivity index (χ2n) is 4.57. The van der Waals surface area contributed by atoms with Gasteiger partial charge in [-0.25, -0.2) is 18.4 Å². The summed E-state index contributed by atoms with van der Waals surface area (Å²) in [5.74, 6) is -0.184. The molecule has 0 aliphatic heterocycles. The average molecular weight is 356 g/mol. The van der Waals surface area contributed by atoms with Crippen LogP contribution in [0.1, 0.15) is 15.9 Å². The number of sulfonamides is 1. The molecule has 0 fully saturated rings. The molecule has 0 saturated heterocycles. The zero-order chi connectivity index (χ0) is 17.0. The fraction of sp³-hybridized carbons (Fsp3) is 0.133. The van der Waals surface area contributed by atoms with E-state index in [1.54, 1.807) is 24.3 Å². The summed E-state index contributed by atoms with van der Waals surface area (Å²) in [6.45, 7) is -0.0429. The van der Waals surface area contributed by atoms with Gasteiger partial charge in [-0.15, -0.1) is 0 Å². The standard InChI is InChI=1S/C15H14ClNO5S/c1-21-14-5-3-2-4-10(14)9-22-15(18)12-8-11(23(17,19)20)6-7-13(12)16/h2-8H,9H2,1H3,(H2,17,19,20). The van der Waals surface area contributed by atoms with E-state index in [1.807, 2.05) is 0 Å². The lowest BCUT2D eigenvalue weighted by Gasteiger charge is -2.10. The molecule has 0 unspecified atom stereocenters. The van der Waals surface area contributed by atoms with Gasteiger partial charge in [0, 0.05) is 5.56 Å². The molecule has 0 aliphatic carbocycles. The van der Waals surface area contributed by atoms with Crippen molar-refractivity contribution >= 4 is 27.6 Å². The number of benzene rings is 2. The van der Waals surface area contributed by atoms with Crippen LogP contribution < -0.4 is 9.88 Å². The average Bonchev–Trinajstić information content (AvgIpc) is 2.52. The van der Waals surface area contributed by atoms with Crippen molar-refractivity contribution in [2.75, 3.05) is 7.11 Å². The topological polar surface area (TPSA) is 95.7 Å². The van der Waals surface area contributed by atoms with E-state index in [0.717, 1.165) is 6.07 Å². The number of hydrogen-bond donors (Lipinski definition) is 1. The first-order valence-corrected chi connectivity index (χ1v) is 8.36. The quantitative estimate of drug-likeness (QED) is 0.830. The van der Waals surface area contributed by atoms with Crippen LogP contribution in [0.2, 0.25) is 5.02 Å². The predicted molar refractivity (Wildman–Crippen MR) is 84.9 cm³/mol. The zero-order valence-corrected chi connectivity index (χ0v) is 13.7. The molecule has 0 radical (unpaired) electrons. The Labute approximate surface area is 138 Å². The van der Waals surface area contributed by atoms with Crippen molar-refractivity contribution in [3.8, 4) is 5.75 Å². The molecule has 6 nitrogen and oxygen atoms in total. The number of halogens is 1. The van der Waals surface area contributed by atoms with E-state index >= 15 is 0 Å². The molecule has 2 rings (SSSR count). The molecule has 0 amide bonds. The Kier molecular flexibility index (Phi) is 5.25. The lowest BCUT2D eigenvalue weighted by molar-refractivity contribution is 0.0470. The minimum atomic E-state index is -3.94. The molecular formula is C15H14ClNO5S. The van der Waals surface area contributed by atoms with E-state index in [4.69, 9.17) is 26.2 Å². The summed E-state index contributed by atoms with van der Waals surface area (Å²) >= 11 is 5.92. The van der Waals surface area contributed by atoms with Gasteiger partial charge in [-0.1, -0.05) is 29.8 Å². The lowest BCUT2D eigenvalue weighted by atomic mass is 10.2. The Morgan fingerprint density at radius 1 is 1.22 bits per heavy atom. The van der Waals surface area contributed by atoms with Crippen molar-refractivity contribution in [2.24, 2.45) is 5.14 Å². The molecule has 0 heterocycles. The number of carbonyl (C=O) groups is 1. The maximum atomic E-state index is 12.1. The largest absolute Gasteiger partial charge is 0.496 e. The van der Waals surface area contributed by atoms with Gasteiger partial charge in [0.2, 0.25) is 10.0 Å². The third kappa shape index (κ3) is 4.22. The minimum Gasteiger partial charge on any atom is -0.496 e. The van der Waals surface area contributed by atoms with Crippen LogP contribution in [0.5, 0.6) is 5.75 Å². The van der Waals surface area contributed by atoms with Crippen molar-refractivity contribution < 1.29 is 22.7 Å². The monoisotopic (exact) mass is 355 g/mol. The van der Waals surface area contributed by atoms with Crippen LogP contribution in [0.25, 0.3) is 0 Å². The van der Waals surface area contributed by atoms with Crippen LogP contribution in [0.3, 0.4) is 0 Å². The summed E-state index contributed by atoms with van der Waals surface area (Å²) in [5, 5.41) is 5.11. The molecule has 23 heavy (non-hydrogen) atoms. The smallest absolute Gasteiger partial charge is 0.340 e. The third-order valence-electron chi connectivity index (χ3n) is 3.04. The SMILES string of the molecule is COc1ccccc1COC(=O)c1cc(S(N)(=O)=O)ccc1Cl. The van der Waals surface area contributed by atoms with Gasteiger partial charge in [0.05, 0.1) is 22.6 Å². The second kappa shape index (κ2) is 6.99. The maximum absolute atomic E-state index is 12.1. The van der Waals surface area contributed by atoms with E-state index in [9.17, 15) is 13.2 Å². The lowest BCUT2D eigenvalue weighted by Crippen LogP contribution is -2.14. The predicted octanol–water partition coefficient (Wildman–Crippen LogP) is 2.35. The van der Waals surface area contributed by atoms with Gasteiger partial charge in [-0.3, -0.25) is 0 Å². The number of methoxy groups -OCH3 is 1. The Morgan fingerprint density at radius 3 is 2.57 bits per heavy atom. The van der Waals surface area contributed by atoms with E-state index in [-0.39, 0.29) is 22.1 Å². The number of primary sulfonamides is 1. The van der Waals surface area contributed by atoms with Gasteiger partial charge in [-0.05, 0) is 24.3 Å². The summed E-state index contributed by atoms with van der Waals surface area (Å²) in [6, 6.07) is 10.6. The highest BCUT2D eigenvalue weighted by atomic mass is 35.5. The van der Waals surface area contributed by atoms with Gasteiger partial charge < -0.3 is 9.47 Å². The Morgan fingerprint density at radius 2 is 1.91 bits per heavy atom. The highest BCUT2D eigenvalue weighted by molar-refractivity contribution is 7.89. The number of rotatable bonds is 5. The van der Waals surface area contributed by atoms with E-state index < -0.39 is 16.0 Å². The van der Waals surface area contributed by atoms with Crippen LogP contribution in [-0.4, -0.2) is 21.5 Å². The first-order valence-electron chi connectivity index (χ1n) is 6.44. The highest BCUT2D eigenvalue weighted by Crippen LogP contribution is 2.23. The molecule has 2 aromatic carbocycles. The van der Waals surface area contributed by atoms with Crippen molar-refractivity contribution in [3.05, 3.63) is 58.6 Å². The Balaban J connectivity index is 2.21. The van der Waals surface area contributed by atoms with E-state index in [2.05, 4.69) is 0 Å². The van der Waals surface area contributed by atoms with Gasteiger partial charge in [0.15, 0.2) is 0 Å². The number of ether oxygens (including phenoxy) is 2. The summed E-state index contributed by atoms with van der Waals surface area (Å²) in [5.41, 5.74) is 0.593. The van der Waals surface area contributed by atoms with Gasteiger partial charge in [0.25, 0.3) is 0 Å². The maximum Gasteiger partial charge on any atom is 0.340 e. The fourth-order valence-electron chi connectivity index (χ4n) is 1.88. The van der Waals surface area contributed by atoms with Crippen LogP contribution >= 0.6 is 11.6 Å². The van der Waals surface area contributed by atoms with Crippen molar-refractivity contribution in [1.82, 2.24) is 0 Å². The Bertz CT molecular complexity index is 836. The molecule has 0 aromatic heterocycles. The summed E-state index contributed by atoms with van der Waals surface area (Å²) in [6.07, 6.45) is 0. The normalized spacial score (nSPS) is 11.1. The van der Waals surface area contributed by atoms with Gasteiger partial charge in [0.1, 0.15) is 12.4 Å². The molecule has 2 aromatic rings. The second-order valence-corrected chi connectivity index (χ2v) is 6.54. The van der Waals surface area contributed by atoms with Crippen LogP contribution in [0.15, 0.2) is 47.4 Å². The number of hydrogen-bond acceptors (Lipinski definition) is 5. The number of esters is 1. The van der Waals surface area contributed by atoms with E-state index in [0.29, 0.717) is 11.3 Å². The third-order valence-corrected chi connectivity index (χ3v) is 4.28. The summed E-state index contributed by atoms with van der Waals surface area (Å²) in [4.78, 5) is 11.9. The molecule has 0 aliphatic rings.